The lowest BCUT2D eigenvalue weighted by Gasteiger charge is -2.33. The van der Waals surface area contributed by atoms with E-state index < -0.39 is 18.4 Å². The monoisotopic (exact) mass is 833 g/mol. The molecule has 5 aliphatic rings. The largest absolute Gasteiger partial charge is 0.496 e. The Balaban J connectivity index is 0.986. The second-order valence-corrected chi connectivity index (χ2v) is 16.4. The number of methoxy groups -OCH3 is 2. The van der Waals surface area contributed by atoms with E-state index in [-0.39, 0.29) is 48.7 Å². The van der Waals surface area contributed by atoms with Crippen molar-refractivity contribution in [3.05, 3.63) is 82.4 Å². The number of ether oxygens (including phenoxy) is 2. The highest BCUT2D eigenvalue weighted by molar-refractivity contribution is 6.07. The van der Waals surface area contributed by atoms with E-state index >= 15 is 8.78 Å². The molecule has 2 atom stereocenters. The Kier molecular flexibility index (Phi) is 9.43. The molecule has 8 heterocycles. The molecule has 0 saturated carbocycles. The van der Waals surface area contributed by atoms with Gasteiger partial charge in [0.15, 0.2) is 5.82 Å². The maximum absolute atomic E-state index is 15.2. The SMILES string of the molecule is COc1cn2ccnc2cc1-c1cc2c(cc1C(F)F)N(c1nn(C3CCN(c4cc5c(c(OC)c4)C(=O)N(C4CCC(=O)NC4=O)C5)C3)c3c1CN(C(C)=O)CC3)CCC2. The van der Waals surface area contributed by atoms with Crippen LogP contribution in [0.4, 0.5) is 26.0 Å². The van der Waals surface area contributed by atoms with E-state index in [0.717, 1.165) is 40.9 Å². The summed E-state index contributed by atoms with van der Waals surface area (Å²) in [6.07, 6.45) is 5.68. The first-order valence-corrected chi connectivity index (χ1v) is 20.7. The maximum Gasteiger partial charge on any atom is 0.264 e. The van der Waals surface area contributed by atoms with Gasteiger partial charge in [0.1, 0.15) is 23.2 Å². The molecule has 2 fully saturated rings. The fraction of sp³-hybridized carbons (Fsp3) is 0.409. The Morgan fingerprint density at radius 1 is 0.918 bits per heavy atom. The molecular formula is C44H45F2N9O6. The summed E-state index contributed by atoms with van der Waals surface area (Å²) >= 11 is 0. The van der Waals surface area contributed by atoms with Gasteiger partial charge in [-0.05, 0) is 66.6 Å². The summed E-state index contributed by atoms with van der Waals surface area (Å²) in [7, 11) is 3.05. The van der Waals surface area contributed by atoms with Crippen LogP contribution in [0.5, 0.6) is 11.5 Å². The highest BCUT2D eigenvalue weighted by Crippen LogP contribution is 2.46. The number of pyridine rings is 1. The van der Waals surface area contributed by atoms with Crippen molar-refractivity contribution in [1.29, 1.82) is 0 Å². The molecule has 2 unspecified atom stereocenters. The number of imide groups is 1. The highest BCUT2D eigenvalue weighted by Gasteiger charge is 2.42. The Morgan fingerprint density at radius 3 is 2.52 bits per heavy atom. The van der Waals surface area contributed by atoms with Crippen molar-refractivity contribution >= 4 is 46.5 Å². The van der Waals surface area contributed by atoms with E-state index in [0.29, 0.717) is 90.9 Å². The van der Waals surface area contributed by atoms with E-state index in [9.17, 15) is 19.2 Å². The smallest absolute Gasteiger partial charge is 0.264 e. The minimum absolute atomic E-state index is 0.0383. The van der Waals surface area contributed by atoms with E-state index in [1.165, 1.54) is 19.1 Å². The quantitative estimate of drug-likeness (QED) is 0.203. The normalized spacial score (nSPS) is 20.1. The van der Waals surface area contributed by atoms with Crippen LogP contribution in [0.3, 0.4) is 0 Å². The summed E-state index contributed by atoms with van der Waals surface area (Å²) < 4.78 is 45.7. The number of hydrogen-bond donors (Lipinski definition) is 1. The number of aromatic nitrogens is 4. The summed E-state index contributed by atoms with van der Waals surface area (Å²) in [6, 6.07) is 8.32. The van der Waals surface area contributed by atoms with E-state index in [4.69, 9.17) is 14.6 Å². The summed E-state index contributed by atoms with van der Waals surface area (Å²) in [5, 5.41) is 7.69. The van der Waals surface area contributed by atoms with Crippen molar-refractivity contribution in [3.63, 3.8) is 0 Å². The molecule has 316 valence electrons. The van der Waals surface area contributed by atoms with Gasteiger partial charge in [0.2, 0.25) is 17.7 Å². The van der Waals surface area contributed by atoms with Gasteiger partial charge in [-0.15, -0.1) is 0 Å². The number of carbonyl (C=O) groups excluding carboxylic acids is 4. The maximum atomic E-state index is 15.2. The molecule has 10 rings (SSSR count). The second-order valence-electron chi connectivity index (χ2n) is 16.4. The van der Waals surface area contributed by atoms with Crippen LogP contribution in [-0.2, 0) is 40.3 Å². The van der Waals surface area contributed by atoms with Crippen LogP contribution in [0.2, 0.25) is 0 Å². The average Bonchev–Trinajstić information content (AvgIpc) is 4.07. The van der Waals surface area contributed by atoms with Gasteiger partial charge in [-0.2, -0.15) is 5.10 Å². The number of piperidine rings is 1. The first-order chi connectivity index (χ1) is 29.5. The summed E-state index contributed by atoms with van der Waals surface area (Å²) in [6.45, 7) is 4.57. The molecule has 4 amide bonds. The molecule has 5 aliphatic heterocycles. The molecule has 17 heteroatoms. The topological polar surface area (TPSA) is 147 Å². The predicted molar refractivity (Wildman–Crippen MR) is 219 cm³/mol. The van der Waals surface area contributed by atoms with Gasteiger partial charge in [-0.25, -0.2) is 13.8 Å². The van der Waals surface area contributed by atoms with Gasteiger partial charge in [0.25, 0.3) is 12.3 Å². The number of carbonyl (C=O) groups is 4. The third kappa shape index (κ3) is 6.43. The summed E-state index contributed by atoms with van der Waals surface area (Å²) in [5.41, 5.74) is 7.07. The number of fused-ring (bicyclic) bond motifs is 4. The van der Waals surface area contributed by atoms with Gasteiger partial charge in [-0.1, -0.05) is 0 Å². The molecule has 1 N–H and O–H groups in total. The Bertz CT molecular complexity index is 2660. The van der Waals surface area contributed by atoms with Crippen LogP contribution in [0, 0.1) is 0 Å². The zero-order valence-electron chi connectivity index (χ0n) is 34.1. The van der Waals surface area contributed by atoms with Crippen LogP contribution in [0.15, 0.2) is 48.9 Å². The molecule has 0 spiro atoms. The van der Waals surface area contributed by atoms with Gasteiger partial charge >= 0.3 is 0 Å². The zero-order chi connectivity index (χ0) is 42.3. The Hall–Kier alpha value is -6.52. The number of aryl methyl sites for hydroxylation is 1. The number of hydrogen-bond acceptors (Lipinski definition) is 10. The number of nitrogens with one attached hydrogen (secondary N) is 1. The number of amides is 4. The Morgan fingerprint density at radius 2 is 1.75 bits per heavy atom. The third-order valence-electron chi connectivity index (χ3n) is 13.0. The summed E-state index contributed by atoms with van der Waals surface area (Å²) in [4.78, 5) is 63.0. The lowest BCUT2D eigenvalue weighted by atomic mass is 9.91. The summed E-state index contributed by atoms with van der Waals surface area (Å²) in [5.74, 6) is 0.420. The molecular weight excluding hydrogens is 789 g/mol. The van der Waals surface area contributed by atoms with Crippen LogP contribution < -0.4 is 24.6 Å². The molecule has 0 aliphatic carbocycles. The van der Waals surface area contributed by atoms with Gasteiger partial charge in [0, 0.05) is 105 Å². The predicted octanol–water partition coefficient (Wildman–Crippen LogP) is 5.35. The Labute approximate surface area is 349 Å². The van der Waals surface area contributed by atoms with E-state index in [2.05, 4.69) is 24.8 Å². The fourth-order valence-corrected chi connectivity index (χ4v) is 9.99. The van der Waals surface area contributed by atoms with Crippen LogP contribution in [0.25, 0.3) is 16.8 Å². The average molecular weight is 834 g/mol. The number of benzene rings is 2. The first-order valence-electron chi connectivity index (χ1n) is 20.7. The number of anilines is 3. The minimum Gasteiger partial charge on any atom is -0.496 e. The van der Waals surface area contributed by atoms with Gasteiger partial charge in [-0.3, -0.25) is 29.2 Å². The van der Waals surface area contributed by atoms with E-state index in [1.807, 2.05) is 23.1 Å². The van der Waals surface area contributed by atoms with Crippen LogP contribution in [0.1, 0.15) is 83.4 Å². The van der Waals surface area contributed by atoms with Gasteiger partial charge < -0.3 is 33.5 Å². The molecule has 15 nitrogen and oxygen atoms in total. The number of imidazole rings is 1. The fourth-order valence-electron chi connectivity index (χ4n) is 9.99. The van der Waals surface area contributed by atoms with Crippen molar-refractivity contribution in [2.45, 2.75) is 77.0 Å². The molecule has 0 radical (unpaired) electrons. The molecule has 0 bridgehead atoms. The number of nitrogens with zero attached hydrogens (tertiary/aromatic N) is 8. The van der Waals surface area contributed by atoms with Crippen molar-refractivity contribution in [3.8, 4) is 22.6 Å². The highest BCUT2D eigenvalue weighted by atomic mass is 19.3. The molecule has 5 aromatic rings. The first kappa shape index (κ1) is 38.7. The minimum atomic E-state index is -2.77. The van der Waals surface area contributed by atoms with Crippen molar-refractivity contribution in [2.24, 2.45) is 0 Å². The zero-order valence-corrected chi connectivity index (χ0v) is 34.1. The van der Waals surface area contributed by atoms with Crippen molar-refractivity contribution in [2.75, 3.05) is 50.2 Å². The van der Waals surface area contributed by atoms with Gasteiger partial charge in [0.05, 0.1) is 38.6 Å². The van der Waals surface area contributed by atoms with Crippen molar-refractivity contribution in [1.82, 2.24) is 34.3 Å². The molecule has 2 saturated heterocycles. The standard InChI is InChI=1S/C44H45F2N9O6/c1-24(56)50-13-9-33-32(22-50)42(53-11-4-5-25-16-29(31(41(45)46)18-35(25)53)30-19-38-47-10-14-52(38)23-37(30)61-3)49-55(33)27-8-12-51(21-27)28-15-26-20-54(34-6-7-39(57)48-43(34)58)44(59)40(26)36(17-28)60-2/h10,14-19,23,27,34,41H,4-9,11-13,20-22H2,1-3H3,(H,48,57,58). The third-order valence-corrected chi connectivity index (χ3v) is 13.0. The number of rotatable bonds is 8. The van der Waals surface area contributed by atoms with Crippen LogP contribution >= 0.6 is 0 Å². The lowest BCUT2D eigenvalue weighted by Crippen LogP contribution is -2.52. The van der Waals surface area contributed by atoms with Crippen molar-refractivity contribution < 1.29 is 37.4 Å². The second kappa shape index (κ2) is 14.9. The van der Waals surface area contributed by atoms with E-state index in [1.54, 1.807) is 42.0 Å². The lowest BCUT2D eigenvalue weighted by molar-refractivity contribution is -0.137. The number of alkyl halides is 2. The van der Waals surface area contributed by atoms with Crippen LogP contribution in [-0.4, -0.2) is 99.0 Å². The number of halogens is 2. The molecule has 3 aromatic heterocycles. The molecule has 61 heavy (non-hydrogen) atoms. The molecule has 2 aromatic carbocycles.